The monoisotopic (exact) mass is 759 g/mol. The molecule has 1 aliphatic heterocycles. The van der Waals surface area contributed by atoms with Gasteiger partial charge in [-0.25, -0.2) is 4.98 Å². The number of nitrogens with one attached hydrogen (secondary N) is 2. The molecular weight excluding hydrogens is 703 g/mol. The van der Waals surface area contributed by atoms with Crippen molar-refractivity contribution in [3.63, 3.8) is 0 Å². The van der Waals surface area contributed by atoms with E-state index in [0.717, 1.165) is 72.2 Å². The molecule has 2 aliphatic rings. The molecule has 292 valence electrons. The van der Waals surface area contributed by atoms with E-state index in [1.807, 2.05) is 64.4 Å². The van der Waals surface area contributed by atoms with Crippen molar-refractivity contribution in [1.29, 1.82) is 0 Å². The SMILES string of the molecule is Cc1ncsc1-c1ccc(CNC(=O)[C@@H]2C[C@@H](O)CN2C(=O)[C@@H](NC(=O)C2(CCCc3ccc(CO[C@H](C)CCCC(N)=O)cc3)CC2)C(C)(C)C)cc1. The van der Waals surface area contributed by atoms with Gasteiger partial charge in [0.2, 0.25) is 23.6 Å². The Labute approximate surface area is 323 Å². The molecule has 1 saturated carbocycles. The predicted molar refractivity (Wildman–Crippen MR) is 210 cm³/mol. The molecule has 4 amide bonds. The van der Waals surface area contributed by atoms with Gasteiger partial charge in [-0.2, -0.15) is 0 Å². The Hall–Kier alpha value is -4.13. The van der Waals surface area contributed by atoms with Crippen molar-refractivity contribution in [1.82, 2.24) is 20.5 Å². The molecule has 4 atom stereocenters. The number of β-amino-alcohol motifs (C(OH)–C–C–N with tert-alkyl or cyclic N) is 1. The second-order valence-electron chi connectivity index (χ2n) is 16.3. The first-order chi connectivity index (χ1) is 25.6. The first kappa shape index (κ1) is 41.0. The second kappa shape index (κ2) is 18.0. The number of hydrogen-bond acceptors (Lipinski definition) is 8. The number of aliphatic hydroxyl groups excluding tert-OH is 1. The lowest BCUT2D eigenvalue weighted by Gasteiger charge is -2.36. The van der Waals surface area contributed by atoms with Crippen LogP contribution in [0.5, 0.6) is 0 Å². The third kappa shape index (κ3) is 11.0. The highest BCUT2D eigenvalue weighted by molar-refractivity contribution is 7.13. The van der Waals surface area contributed by atoms with Gasteiger partial charge >= 0.3 is 0 Å². The molecule has 5 N–H and O–H groups in total. The Bertz CT molecular complexity index is 1750. The Balaban J connectivity index is 1.11. The van der Waals surface area contributed by atoms with Gasteiger partial charge in [0.15, 0.2) is 0 Å². The first-order valence-electron chi connectivity index (χ1n) is 19.2. The highest BCUT2D eigenvalue weighted by Crippen LogP contribution is 2.50. The van der Waals surface area contributed by atoms with Crippen molar-refractivity contribution in [3.8, 4) is 10.4 Å². The number of nitrogens with zero attached hydrogens (tertiary/aromatic N) is 2. The molecule has 5 rings (SSSR count). The Kier molecular flexibility index (Phi) is 13.7. The third-order valence-electron chi connectivity index (χ3n) is 10.7. The number of hydrogen-bond donors (Lipinski definition) is 4. The van der Waals surface area contributed by atoms with Crippen LogP contribution in [0.25, 0.3) is 10.4 Å². The number of aliphatic hydroxyl groups is 1. The molecule has 1 aromatic heterocycles. The fraction of sp³-hybridized carbons (Fsp3) is 0.548. The molecule has 2 aromatic carbocycles. The average Bonchev–Trinajstić information content (AvgIpc) is 3.63. The third-order valence-corrected chi connectivity index (χ3v) is 11.7. The van der Waals surface area contributed by atoms with Crippen LogP contribution < -0.4 is 16.4 Å². The van der Waals surface area contributed by atoms with Gasteiger partial charge in [-0.1, -0.05) is 69.3 Å². The summed E-state index contributed by atoms with van der Waals surface area (Å²) in [6, 6.07) is 14.6. The number of carbonyl (C=O) groups is 4. The van der Waals surface area contributed by atoms with E-state index in [1.54, 1.807) is 11.3 Å². The van der Waals surface area contributed by atoms with Gasteiger partial charge in [0.1, 0.15) is 12.1 Å². The number of nitrogens with two attached hydrogens (primary N) is 1. The minimum atomic E-state index is -0.855. The van der Waals surface area contributed by atoms with Gasteiger partial charge in [-0.3, -0.25) is 19.2 Å². The highest BCUT2D eigenvalue weighted by atomic mass is 32.1. The molecule has 0 radical (unpaired) electrons. The fourth-order valence-corrected chi connectivity index (χ4v) is 7.94. The smallest absolute Gasteiger partial charge is 0.246 e. The van der Waals surface area contributed by atoms with Gasteiger partial charge < -0.3 is 31.1 Å². The Morgan fingerprint density at radius 2 is 1.70 bits per heavy atom. The summed E-state index contributed by atoms with van der Waals surface area (Å²) in [5.41, 5.74) is 11.1. The number of benzene rings is 2. The molecule has 0 spiro atoms. The molecule has 2 heterocycles. The van der Waals surface area contributed by atoms with Crippen LogP contribution in [0.2, 0.25) is 0 Å². The lowest BCUT2D eigenvalue weighted by molar-refractivity contribution is -0.144. The summed E-state index contributed by atoms with van der Waals surface area (Å²) in [5.74, 6) is -1.09. The molecule has 1 saturated heterocycles. The quantitative estimate of drug-likeness (QED) is 0.131. The van der Waals surface area contributed by atoms with Crippen molar-refractivity contribution < 1.29 is 29.0 Å². The maximum absolute atomic E-state index is 14.2. The number of aromatic nitrogens is 1. The summed E-state index contributed by atoms with van der Waals surface area (Å²) >= 11 is 1.59. The molecule has 1 aliphatic carbocycles. The van der Waals surface area contributed by atoms with Gasteiger partial charge in [0.25, 0.3) is 0 Å². The van der Waals surface area contributed by atoms with Crippen molar-refractivity contribution >= 4 is 35.0 Å². The number of thiazole rings is 1. The molecule has 54 heavy (non-hydrogen) atoms. The zero-order valence-electron chi connectivity index (χ0n) is 32.4. The van der Waals surface area contributed by atoms with Crippen LogP contribution in [-0.4, -0.2) is 69.5 Å². The van der Waals surface area contributed by atoms with E-state index in [4.69, 9.17) is 10.5 Å². The number of aryl methyl sites for hydroxylation is 2. The Morgan fingerprint density at radius 1 is 1.04 bits per heavy atom. The van der Waals surface area contributed by atoms with Crippen LogP contribution in [0.15, 0.2) is 54.0 Å². The van der Waals surface area contributed by atoms with Crippen molar-refractivity contribution in [2.24, 2.45) is 16.6 Å². The molecular formula is C42H57N5O6S. The van der Waals surface area contributed by atoms with E-state index in [0.29, 0.717) is 13.0 Å². The highest BCUT2D eigenvalue weighted by Gasteiger charge is 2.52. The first-order valence-corrected chi connectivity index (χ1v) is 20.1. The lowest BCUT2D eigenvalue weighted by Crippen LogP contribution is -2.58. The van der Waals surface area contributed by atoms with E-state index in [9.17, 15) is 24.3 Å². The van der Waals surface area contributed by atoms with Gasteiger partial charge in [-0.05, 0) is 86.5 Å². The van der Waals surface area contributed by atoms with E-state index in [1.165, 1.54) is 10.5 Å². The Morgan fingerprint density at radius 3 is 2.31 bits per heavy atom. The minimum absolute atomic E-state index is 0.0360. The summed E-state index contributed by atoms with van der Waals surface area (Å²) in [6.07, 6.45) is 5.16. The number of likely N-dealkylation sites (tertiary alicyclic amines) is 1. The summed E-state index contributed by atoms with van der Waals surface area (Å²) in [7, 11) is 0. The zero-order valence-corrected chi connectivity index (χ0v) is 33.2. The molecule has 12 heteroatoms. The molecule has 0 bridgehead atoms. The van der Waals surface area contributed by atoms with Crippen LogP contribution in [0.1, 0.15) is 101 Å². The molecule has 11 nitrogen and oxygen atoms in total. The van der Waals surface area contributed by atoms with Gasteiger partial charge in [-0.15, -0.1) is 11.3 Å². The largest absolute Gasteiger partial charge is 0.391 e. The van der Waals surface area contributed by atoms with Crippen LogP contribution in [-0.2, 0) is 43.5 Å². The van der Waals surface area contributed by atoms with Crippen molar-refractivity contribution in [2.75, 3.05) is 6.54 Å². The summed E-state index contributed by atoms with van der Waals surface area (Å²) in [6.45, 7) is 10.5. The standard InChI is InChI=1S/C42H57N5O6S/c1-27(8-6-10-35(43)49)53-25-31-13-11-29(12-14-31)9-7-19-42(20-21-42)40(52)46-37(41(3,4)5)39(51)47-24-33(48)22-34(47)38(50)44-23-30-15-17-32(18-16-30)36-28(2)45-26-54-36/h11-18,26-27,33-34,37,48H,6-10,19-25H2,1-5H3,(H2,43,49)(H,44,50)(H,46,52)/t27-,33-,34+,37-/m1/s1. The van der Waals surface area contributed by atoms with Crippen LogP contribution in [0.4, 0.5) is 0 Å². The number of primary amides is 1. The maximum atomic E-state index is 14.2. The predicted octanol–water partition coefficient (Wildman–Crippen LogP) is 5.59. The van der Waals surface area contributed by atoms with Crippen molar-refractivity contribution in [2.45, 2.75) is 130 Å². The van der Waals surface area contributed by atoms with Crippen LogP contribution in [0.3, 0.4) is 0 Å². The lowest BCUT2D eigenvalue weighted by atomic mass is 9.84. The van der Waals surface area contributed by atoms with E-state index < -0.39 is 29.0 Å². The number of ether oxygens (including phenoxy) is 1. The summed E-state index contributed by atoms with van der Waals surface area (Å²) < 4.78 is 5.92. The summed E-state index contributed by atoms with van der Waals surface area (Å²) in [4.78, 5) is 59.3. The van der Waals surface area contributed by atoms with Crippen LogP contribution in [0, 0.1) is 17.8 Å². The van der Waals surface area contributed by atoms with Gasteiger partial charge in [0, 0.05) is 31.3 Å². The molecule has 0 unspecified atom stereocenters. The van der Waals surface area contributed by atoms with Gasteiger partial charge in [0.05, 0.1) is 34.9 Å². The van der Waals surface area contributed by atoms with E-state index >= 15 is 0 Å². The average molecular weight is 760 g/mol. The normalized spacial score (nSPS) is 18.9. The second-order valence-corrected chi connectivity index (χ2v) is 17.1. The van der Waals surface area contributed by atoms with Crippen molar-refractivity contribution in [3.05, 3.63) is 76.4 Å². The summed E-state index contributed by atoms with van der Waals surface area (Å²) in [5, 5.41) is 16.7. The van der Waals surface area contributed by atoms with Crippen LogP contribution >= 0.6 is 11.3 Å². The topological polar surface area (TPSA) is 164 Å². The number of carbonyl (C=O) groups excluding carboxylic acids is 4. The minimum Gasteiger partial charge on any atom is -0.391 e. The number of amides is 4. The maximum Gasteiger partial charge on any atom is 0.246 e. The van der Waals surface area contributed by atoms with E-state index in [-0.39, 0.29) is 49.2 Å². The van der Waals surface area contributed by atoms with E-state index in [2.05, 4.69) is 39.9 Å². The zero-order chi connectivity index (χ0) is 39.0. The number of rotatable bonds is 18. The molecule has 2 fully saturated rings. The fourth-order valence-electron chi connectivity index (χ4n) is 7.12. The molecule has 3 aromatic rings.